The van der Waals surface area contributed by atoms with Gasteiger partial charge >= 0.3 is 0 Å². The predicted molar refractivity (Wildman–Crippen MR) is 75.0 cm³/mol. The van der Waals surface area contributed by atoms with Gasteiger partial charge in [-0.3, -0.25) is 4.68 Å². The molecule has 0 aliphatic rings. The standard InChI is InChI=1S/C11H19Br2N3/c1-4-9(5-6-12)14-7-10-11(13)8(2)15-16(10)3/h9,14H,4-7H2,1-3H3. The van der Waals surface area contributed by atoms with Crippen molar-refractivity contribution in [1.29, 1.82) is 0 Å². The molecular formula is C11H19Br2N3. The second-order valence-electron chi connectivity index (χ2n) is 3.93. The van der Waals surface area contributed by atoms with Crippen LogP contribution in [0.4, 0.5) is 0 Å². The summed E-state index contributed by atoms with van der Waals surface area (Å²) in [5.74, 6) is 0. The first-order valence-electron chi connectivity index (χ1n) is 5.57. The van der Waals surface area contributed by atoms with Crippen LogP contribution in [0.15, 0.2) is 4.47 Å². The van der Waals surface area contributed by atoms with Gasteiger partial charge in [-0.25, -0.2) is 0 Å². The first-order chi connectivity index (χ1) is 7.60. The highest BCUT2D eigenvalue weighted by atomic mass is 79.9. The van der Waals surface area contributed by atoms with E-state index in [4.69, 9.17) is 0 Å². The van der Waals surface area contributed by atoms with Crippen LogP contribution in [0.25, 0.3) is 0 Å². The summed E-state index contributed by atoms with van der Waals surface area (Å²) in [7, 11) is 1.99. The van der Waals surface area contributed by atoms with E-state index in [1.807, 2.05) is 18.7 Å². The smallest absolute Gasteiger partial charge is 0.0739 e. The highest BCUT2D eigenvalue weighted by Crippen LogP contribution is 2.20. The molecule has 0 bridgehead atoms. The molecule has 0 saturated heterocycles. The maximum absolute atomic E-state index is 4.38. The van der Waals surface area contributed by atoms with Crippen molar-refractivity contribution >= 4 is 31.9 Å². The fourth-order valence-corrected chi connectivity index (χ4v) is 2.72. The molecule has 0 aliphatic heterocycles. The number of nitrogens with one attached hydrogen (secondary N) is 1. The molecule has 1 heterocycles. The summed E-state index contributed by atoms with van der Waals surface area (Å²) in [5, 5.41) is 8.99. The molecule has 5 heteroatoms. The van der Waals surface area contributed by atoms with Crippen LogP contribution in [0.5, 0.6) is 0 Å². The van der Waals surface area contributed by atoms with E-state index in [1.54, 1.807) is 0 Å². The summed E-state index contributed by atoms with van der Waals surface area (Å²) in [6.07, 6.45) is 2.31. The van der Waals surface area contributed by atoms with Gasteiger partial charge in [0.25, 0.3) is 0 Å². The van der Waals surface area contributed by atoms with Gasteiger partial charge in [0.15, 0.2) is 0 Å². The average molecular weight is 353 g/mol. The molecule has 0 aromatic carbocycles. The van der Waals surface area contributed by atoms with Crippen LogP contribution in [-0.2, 0) is 13.6 Å². The van der Waals surface area contributed by atoms with Crippen LogP contribution < -0.4 is 5.32 Å². The molecule has 16 heavy (non-hydrogen) atoms. The van der Waals surface area contributed by atoms with Gasteiger partial charge in [0.1, 0.15) is 0 Å². The van der Waals surface area contributed by atoms with Gasteiger partial charge in [0.05, 0.1) is 15.9 Å². The summed E-state index contributed by atoms with van der Waals surface area (Å²) in [6.45, 7) is 5.09. The van der Waals surface area contributed by atoms with Crippen molar-refractivity contribution in [2.45, 2.75) is 39.3 Å². The van der Waals surface area contributed by atoms with E-state index in [0.29, 0.717) is 6.04 Å². The molecule has 1 N–H and O–H groups in total. The fourth-order valence-electron chi connectivity index (χ4n) is 1.70. The molecular weight excluding hydrogens is 334 g/mol. The monoisotopic (exact) mass is 351 g/mol. The molecule has 1 aromatic heterocycles. The minimum absolute atomic E-state index is 0.571. The topological polar surface area (TPSA) is 29.9 Å². The number of nitrogens with zero attached hydrogens (tertiary/aromatic N) is 2. The van der Waals surface area contributed by atoms with Crippen LogP contribution in [0.1, 0.15) is 31.2 Å². The third-order valence-electron chi connectivity index (χ3n) is 2.77. The molecule has 92 valence electrons. The van der Waals surface area contributed by atoms with E-state index in [0.717, 1.165) is 34.9 Å². The van der Waals surface area contributed by atoms with Crippen LogP contribution >= 0.6 is 31.9 Å². The Labute approximate surface area is 114 Å². The molecule has 0 aliphatic carbocycles. The molecule has 1 aromatic rings. The van der Waals surface area contributed by atoms with Crippen molar-refractivity contribution in [3.63, 3.8) is 0 Å². The molecule has 0 radical (unpaired) electrons. The predicted octanol–water partition coefficient (Wildman–Crippen LogP) is 3.14. The fraction of sp³-hybridized carbons (Fsp3) is 0.727. The Bertz CT molecular complexity index is 336. The maximum Gasteiger partial charge on any atom is 0.0739 e. The zero-order chi connectivity index (χ0) is 12.1. The van der Waals surface area contributed by atoms with Crippen LogP contribution in [0.2, 0.25) is 0 Å². The molecule has 0 amide bonds. The lowest BCUT2D eigenvalue weighted by atomic mass is 10.2. The third kappa shape index (κ3) is 3.57. The van der Waals surface area contributed by atoms with Crippen molar-refractivity contribution in [1.82, 2.24) is 15.1 Å². The van der Waals surface area contributed by atoms with E-state index in [2.05, 4.69) is 49.2 Å². The summed E-state index contributed by atoms with van der Waals surface area (Å²) < 4.78 is 3.06. The number of rotatable bonds is 6. The molecule has 1 atom stereocenters. The Morgan fingerprint density at radius 3 is 2.62 bits per heavy atom. The quantitative estimate of drug-likeness (QED) is 0.797. The van der Waals surface area contributed by atoms with E-state index >= 15 is 0 Å². The number of halogens is 2. The van der Waals surface area contributed by atoms with Crippen LogP contribution in [0.3, 0.4) is 0 Å². The Hall–Kier alpha value is 0.130. The normalized spacial score (nSPS) is 13.1. The van der Waals surface area contributed by atoms with Gasteiger partial charge in [0, 0.05) is 25.0 Å². The van der Waals surface area contributed by atoms with Crippen LogP contribution in [0, 0.1) is 6.92 Å². The second kappa shape index (κ2) is 6.77. The van der Waals surface area contributed by atoms with Gasteiger partial charge in [-0.15, -0.1) is 0 Å². The summed E-state index contributed by atoms with van der Waals surface area (Å²) in [5.41, 5.74) is 2.26. The first kappa shape index (κ1) is 14.2. The van der Waals surface area contributed by atoms with E-state index in [1.165, 1.54) is 5.69 Å². The van der Waals surface area contributed by atoms with Gasteiger partial charge < -0.3 is 5.32 Å². The van der Waals surface area contributed by atoms with Gasteiger partial charge in [-0.05, 0) is 35.7 Å². The van der Waals surface area contributed by atoms with Crippen molar-refractivity contribution in [2.24, 2.45) is 7.05 Å². The molecule has 3 nitrogen and oxygen atoms in total. The Kier molecular flexibility index (Phi) is 6.00. The SMILES string of the molecule is CCC(CCBr)NCc1c(Br)c(C)nn1C. The number of aromatic nitrogens is 2. The number of hydrogen-bond donors (Lipinski definition) is 1. The minimum Gasteiger partial charge on any atom is -0.308 e. The number of alkyl halides is 1. The van der Waals surface area contributed by atoms with Gasteiger partial charge in [0.2, 0.25) is 0 Å². The second-order valence-corrected chi connectivity index (χ2v) is 5.52. The van der Waals surface area contributed by atoms with Crippen molar-refractivity contribution < 1.29 is 0 Å². The van der Waals surface area contributed by atoms with Crippen LogP contribution in [-0.4, -0.2) is 21.2 Å². The van der Waals surface area contributed by atoms with Gasteiger partial charge in [-0.1, -0.05) is 22.9 Å². The minimum atomic E-state index is 0.571. The van der Waals surface area contributed by atoms with Crippen molar-refractivity contribution in [3.05, 3.63) is 15.9 Å². The third-order valence-corrected chi connectivity index (χ3v) is 4.26. The number of hydrogen-bond acceptors (Lipinski definition) is 2. The average Bonchev–Trinajstić information content (AvgIpc) is 2.49. The molecule has 0 fully saturated rings. The Morgan fingerprint density at radius 2 is 2.19 bits per heavy atom. The number of aryl methyl sites for hydroxylation is 2. The molecule has 1 rings (SSSR count). The maximum atomic E-state index is 4.38. The van der Waals surface area contributed by atoms with Gasteiger partial charge in [-0.2, -0.15) is 5.10 Å². The first-order valence-corrected chi connectivity index (χ1v) is 7.48. The summed E-state index contributed by atoms with van der Waals surface area (Å²) in [6, 6.07) is 0.571. The molecule has 0 saturated carbocycles. The Morgan fingerprint density at radius 1 is 1.50 bits per heavy atom. The van der Waals surface area contributed by atoms with E-state index in [-0.39, 0.29) is 0 Å². The zero-order valence-corrected chi connectivity index (χ0v) is 13.2. The van der Waals surface area contributed by atoms with Crippen molar-refractivity contribution in [2.75, 3.05) is 5.33 Å². The lowest BCUT2D eigenvalue weighted by Gasteiger charge is -2.15. The lowest BCUT2D eigenvalue weighted by Crippen LogP contribution is -2.29. The van der Waals surface area contributed by atoms with E-state index in [9.17, 15) is 0 Å². The zero-order valence-electron chi connectivity index (χ0n) is 10.1. The van der Waals surface area contributed by atoms with E-state index < -0.39 is 0 Å². The highest BCUT2D eigenvalue weighted by molar-refractivity contribution is 9.10. The highest BCUT2D eigenvalue weighted by Gasteiger charge is 2.12. The molecule has 0 spiro atoms. The summed E-state index contributed by atoms with van der Waals surface area (Å²) in [4.78, 5) is 0. The Balaban J connectivity index is 2.59. The summed E-state index contributed by atoms with van der Waals surface area (Å²) >= 11 is 7.06. The van der Waals surface area contributed by atoms with Crippen molar-refractivity contribution in [3.8, 4) is 0 Å². The molecule has 1 unspecified atom stereocenters. The largest absolute Gasteiger partial charge is 0.308 e. The lowest BCUT2D eigenvalue weighted by molar-refractivity contribution is 0.475.